The summed E-state index contributed by atoms with van der Waals surface area (Å²) in [6.07, 6.45) is 3.31. The van der Waals surface area contributed by atoms with Crippen LogP contribution in [0.4, 0.5) is 5.82 Å². The van der Waals surface area contributed by atoms with E-state index in [1.165, 1.54) is 28.6 Å². The Morgan fingerprint density at radius 1 is 1.03 bits per heavy atom. The molecule has 0 bridgehead atoms. The Balaban J connectivity index is 1.47. The highest BCUT2D eigenvalue weighted by Crippen LogP contribution is 2.24. The standard InChI is InChI=1S/C21H20Cl2N4O3S/c22-17-6-3-16(19(23)13-17)14-27-20(9-10-24-27)25-21(28)15-4-7-18(8-5-15)31(29,30)26-11-1-2-12-26/h3-10,13H,1-2,11-12,14H2,(H,25,28). The minimum absolute atomic E-state index is 0.188. The number of nitrogens with zero attached hydrogens (tertiary/aromatic N) is 3. The second-order valence-electron chi connectivity index (χ2n) is 7.20. The van der Waals surface area contributed by atoms with Crippen LogP contribution in [0.15, 0.2) is 59.6 Å². The highest BCUT2D eigenvalue weighted by atomic mass is 35.5. The minimum Gasteiger partial charge on any atom is -0.307 e. The molecule has 1 saturated heterocycles. The molecule has 10 heteroatoms. The van der Waals surface area contributed by atoms with E-state index in [0.717, 1.165) is 18.4 Å². The van der Waals surface area contributed by atoms with Crippen LogP contribution in [-0.2, 0) is 16.6 Å². The zero-order valence-corrected chi connectivity index (χ0v) is 18.8. The lowest BCUT2D eigenvalue weighted by Crippen LogP contribution is -2.27. The van der Waals surface area contributed by atoms with Gasteiger partial charge in [-0.1, -0.05) is 29.3 Å². The largest absolute Gasteiger partial charge is 0.307 e. The molecule has 3 aromatic rings. The summed E-state index contributed by atoms with van der Waals surface area (Å²) in [6, 6.07) is 12.8. The summed E-state index contributed by atoms with van der Waals surface area (Å²) in [4.78, 5) is 12.9. The van der Waals surface area contributed by atoms with Gasteiger partial charge in [0, 0.05) is 34.8 Å². The summed E-state index contributed by atoms with van der Waals surface area (Å²) in [7, 11) is -3.51. The van der Waals surface area contributed by atoms with Gasteiger partial charge in [0.15, 0.2) is 0 Å². The van der Waals surface area contributed by atoms with E-state index in [9.17, 15) is 13.2 Å². The number of hydrogen-bond acceptors (Lipinski definition) is 4. The van der Waals surface area contributed by atoms with E-state index in [1.54, 1.807) is 35.1 Å². The van der Waals surface area contributed by atoms with Crippen molar-refractivity contribution in [3.05, 3.63) is 75.9 Å². The van der Waals surface area contributed by atoms with Gasteiger partial charge in [-0.05, 0) is 54.8 Å². The lowest BCUT2D eigenvalue weighted by molar-refractivity contribution is 0.102. The summed E-state index contributed by atoms with van der Waals surface area (Å²) < 4.78 is 28.4. The average Bonchev–Trinajstić information content (AvgIpc) is 3.43. The molecule has 0 saturated carbocycles. The van der Waals surface area contributed by atoms with Crippen LogP contribution in [0, 0.1) is 0 Å². The van der Waals surface area contributed by atoms with E-state index in [-0.39, 0.29) is 10.8 Å². The number of rotatable bonds is 6. The number of aromatic nitrogens is 2. The summed E-state index contributed by atoms with van der Waals surface area (Å²) in [5.41, 5.74) is 1.15. The van der Waals surface area contributed by atoms with E-state index in [2.05, 4.69) is 10.4 Å². The van der Waals surface area contributed by atoms with Gasteiger partial charge < -0.3 is 5.32 Å². The van der Waals surface area contributed by atoms with Crippen molar-refractivity contribution in [3.8, 4) is 0 Å². The summed E-state index contributed by atoms with van der Waals surface area (Å²) in [5.74, 6) is 0.124. The minimum atomic E-state index is -3.51. The third-order valence-corrected chi connectivity index (χ3v) is 7.61. The first-order chi connectivity index (χ1) is 14.8. The molecule has 0 spiro atoms. The molecule has 1 N–H and O–H groups in total. The zero-order chi connectivity index (χ0) is 22.0. The van der Waals surface area contributed by atoms with Crippen molar-refractivity contribution in [1.29, 1.82) is 0 Å². The number of halogens is 2. The maximum Gasteiger partial charge on any atom is 0.256 e. The Kier molecular flexibility index (Phi) is 6.34. The number of hydrogen-bond donors (Lipinski definition) is 1. The van der Waals surface area contributed by atoms with Gasteiger partial charge in [-0.15, -0.1) is 0 Å². The smallest absolute Gasteiger partial charge is 0.256 e. The third kappa shape index (κ3) is 4.77. The molecule has 0 aliphatic carbocycles. The second kappa shape index (κ2) is 9.00. The Labute approximate surface area is 190 Å². The Morgan fingerprint density at radius 2 is 1.74 bits per heavy atom. The number of amides is 1. The van der Waals surface area contributed by atoms with Crippen LogP contribution in [0.5, 0.6) is 0 Å². The molecule has 2 aromatic carbocycles. The fraction of sp³-hybridized carbons (Fsp3) is 0.238. The van der Waals surface area contributed by atoms with Gasteiger partial charge in [0.05, 0.1) is 17.6 Å². The first-order valence-corrected chi connectivity index (χ1v) is 11.9. The van der Waals surface area contributed by atoms with Crippen molar-refractivity contribution < 1.29 is 13.2 Å². The number of carbonyl (C=O) groups excluding carboxylic acids is 1. The molecular formula is C21H20Cl2N4O3S. The second-order valence-corrected chi connectivity index (χ2v) is 9.98. The van der Waals surface area contributed by atoms with Crippen LogP contribution in [0.1, 0.15) is 28.8 Å². The van der Waals surface area contributed by atoms with Crippen molar-refractivity contribution >= 4 is 45.0 Å². The van der Waals surface area contributed by atoms with Gasteiger partial charge in [0.1, 0.15) is 5.82 Å². The Hall–Kier alpha value is -2.39. The first kappa shape index (κ1) is 21.8. The fourth-order valence-corrected chi connectivity index (χ4v) is 5.41. The van der Waals surface area contributed by atoms with E-state index in [4.69, 9.17) is 23.2 Å². The molecule has 1 amide bonds. The predicted octanol–water partition coefficient (Wildman–Crippen LogP) is 4.28. The molecule has 162 valence electrons. The van der Waals surface area contributed by atoms with Crippen molar-refractivity contribution in [2.75, 3.05) is 18.4 Å². The van der Waals surface area contributed by atoms with Gasteiger partial charge in [0.25, 0.3) is 5.91 Å². The Morgan fingerprint density at radius 3 is 2.42 bits per heavy atom. The van der Waals surface area contributed by atoms with E-state index >= 15 is 0 Å². The van der Waals surface area contributed by atoms with Crippen LogP contribution in [0.3, 0.4) is 0 Å². The highest BCUT2D eigenvalue weighted by molar-refractivity contribution is 7.89. The topological polar surface area (TPSA) is 84.3 Å². The molecule has 7 nitrogen and oxygen atoms in total. The maximum atomic E-state index is 12.7. The van der Waals surface area contributed by atoms with Crippen molar-refractivity contribution in [1.82, 2.24) is 14.1 Å². The van der Waals surface area contributed by atoms with Gasteiger partial charge in [-0.25, -0.2) is 13.1 Å². The number of benzene rings is 2. The van der Waals surface area contributed by atoms with Gasteiger partial charge in [0.2, 0.25) is 10.0 Å². The molecule has 2 heterocycles. The molecule has 0 atom stereocenters. The molecule has 0 unspecified atom stereocenters. The zero-order valence-electron chi connectivity index (χ0n) is 16.5. The van der Waals surface area contributed by atoms with Crippen LogP contribution < -0.4 is 5.32 Å². The number of carbonyl (C=O) groups is 1. The van der Waals surface area contributed by atoms with Gasteiger partial charge in [-0.3, -0.25) is 4.79 Å². The number of sulfonamides is 1. The molecule has 31 heavy (non-hydrogen) atoms. The monoisotopic (exact) mass is 478 g/mol. The first-order valence-electron chi connectivity index (χ1n) is 9.72. The van der Waals surface area contributed by atoms with Crippen molar-refractivity contribution in [2.24, 2.45) is 0 Å². The maximum absolute atomic E-state index is 12.7. The van der Waals surface area contributed by atoms with Crippen molar-refractivity contribution in [3.63, 3.8) is 0 Å². The van der Waals surface area contributed by atoms with E-state index in [1.807, 2.05) is 0 Å². The Bertz CT molecular complexity index is 1200. The molecule has 0 radical (unpaired) electrons. The van der Waals surface area contributed by atoms with Crippen LogP contribution in [0.25, 0.3) is 0 Å². The van der Waals surface area contributed by atoms with Crippen LogP contribution in [0.2, 0.25) is 10.0 Å². The van der Waals surface area contributed by atoms with E-state index < -0.39 is 10.0 Å². The van der Waals surface area contributed by atoms with E-state index in [0.29, 0.717) is 41.1 Å². The van der Waals surface area contributed by atoms with Crippen molar-refractivity contribution in [2.45, 2.75) is 24.3 Å². The quantitative estimate of drug-likeness (QED) is 0.572. The lowest BCUT2D eigenvalue weighted by Gasteiger charge is -2.15. The third-order valence-electron chi connectivity index (χ3n) is 5.11. The molecule has 1 fully saturated rings. The van der Waals surface area contributed by atoms with Crippen LogP contribution in [-0.4, -0.2) is 41.5 Å². The lowest BCUT2D eigenvalue weighted by atomic mass is 10.2. The SMILES string of the molecule is O=C(Nc1ccnn1Cc1ccc(Cl)cc1Cl)c1ccc(S(=O)(=O)N2CCCC2)cc1. The molecule has 1 aromatic heterocycles. The van der Waals surface area contributed by atoms with Gasteiger partial charge in [-0.2, -0.15) is 9.40 Å². The van der Waals surface area contributed by atoms with Crippen LogP contribution >= 0.6 is 23.2 Å². The predicted molar refractivity (Wildman–Crippen MR) is 120 cm³/mol. The summed E-state index contributed by atoms with van der Waals surface area (Å²) >= 11 is 12.2. The summed E-state index contributed by atoms with van der Waals surface area (Å²) in [5, 5.41) is 8.09. The molecular weight excluding hydrogens is 459 g/mol. The molecule has 4 rings (SSSR count). The number of anilines is 1. The normalized spacial score (nSPS) is 14.6. The molecule has 1 aliphatic heterocycles. The highest BCUT2D eigenvalue weighted by Gasteiger charge is 2.27. The summed E-state index contributed by atoms with van der Waals surface area (Å²) in [6.45, 7) is 1.42. The molecule has 1 aliphatic rings. The average molecular weight is 479 g/mol. The van der Waals surface area contributed by atoms with Gasteiger partial charge >= 0.3 is 0 Å². The fourth-order valence-electron chi connectivity index (χ4n) is 3.42. The number of nitrogens with one attached hydrogen (secondary N) is 1.